The molecule has 0 atom stereocenters. The third kappa shape index (κ3) is 1.77. The summed E-state index contributed by atoms with van der Waals surface area (Å²) in [6.07, 6.45) is 0. The van der Waals surface area contributed by atoms with Crippen molar-refractivity contribution in [3.05, 3.63) is 23.3 Å². The van der Waals surface area contributed by atoms with Crippen molar-refractivity contribution in [2.75, 3.05) is 7.11 Å². The van der Waals surface area contributed by atoms with Gasteiger partial charge in [-0.05, 0) is 12.1 Å². The van der Waals surface area contributed by atoms with E-state index in [1.807, 2.05) is 0 Å². The Kier molecular flexibility index (Phi) is 2.93. The second-order valence-corrected chi connectivity index (χ2v) is 2.65. The number of aliphatic hydroxyl groups excluding tert-OH is 1. The van der Waals surface area contributed by atoms with Crippen LogP contribution in [-0.2, 0) is 11.3 Å². The highest BCUT2D eigenvalue weighted by atomic mass is 16.5. The summed E-state index contributed by atoms with van der Waals surface area (Å²) in [5.41, 5.74) is 0.150. The Hall–Kier alpha value is -1.75. The lowest BCUT2D eigenvalue weighted by Gasteiger charge is -2.06. The lowest BCUT2D eigenvalue weighted by Crippen LogP contribution is -2.02. The first kappa shape index (κ1) is 10.3. The van der Waals surface area contributed by atoms with Gasteiger partial charge in [-0.25, -0.2) is 4.79 Å². The number of phenols is 2. The molecule has 1 aromatic rings. The largest absolute Gasteiger partial charge is 0.504 e. The molecule has 0 bridgehead atoms. The van der Waals surface area contributed by atoms with E-state index >= 15 is 0 Å². The third-order valence-electron chi connectivity index (χ3n) is 1.76. The number of methoxy groups -OCH3 is 1. The van der Waals surface area contributed by atoms with E-state index in [0.29, 0.717) is 0 Å². The summed E-state index contributed by atoms with van der Waals surface area (Å²) in [7, 11) is 1.20. The number of hydrogen-bond donors (Lipinski definition) is 3. The lowest BCUT2D eigenvalue weighted by molar-refractivity contribution is 0.0600. The maximum Gasteiger partial charge on any atom is 0.337 e. The molecule has 0 amide bonds. The van der Waals surface area contributed by atoms with Crippen molar-refractivity contribution in [2.24, 2.45) is 0 Å². The number of hydrogen-bond acceptors (Lipinski definition) is 5. The summed E-state index contributed by atoms with van der Waals surface area (Å²) in [6.45, 7) is -0.468. The zero-order chi connectivity index (χ0) is 10.7. The van der Waals surface area contributed by atoms with Gasteiger partial charge in [0.15, 0.2) is 11.5 Å². The molecule has 0 spiro atoms. The quantitative estimate of drug-likeness (QED) is 0.472. The molecule has 0 unspecified atom stereocenters. The van der Waals surface area contributed by atoms with Crippen LogP contribution in [0.2, 0.25) is 0 Å². The summed E-state index contributed by atoms with van der Waals surface area (Å²) < 4.78 is 4.42. The van der Waals surface area contributed by atoms with Gasteiger partial charge in [0.2, 0.25) is 0 Å². The summed E-state index contributed by atoms with van der Waals surface area (Å²) in [5.74, 6) is -1.54. The zero-order valence-corrected chi connectivity index (χ0v) is 7.52. The van der Waals surface area contributed by atoms with Gasteiger partial charge < -0.3 is 20.1 Å². The Bertz CT molecular complexity index is 358. The molecule has 14 heavy (non-hydrogen) atoms. The fourth-order valence-electron chi connectivity index (χ4n) is 1.03. The first-order valence-electron chi connectivity index (χ1n) is 3.84. The zero-order valence-electron chi connectivity index (χ0n) is 7.52. The van der Waals surface area contributed by atoms with Gasteiger partial charge in [0.25, 0.3) is 0 Å². The molecule has 0 aromatic heterocycles. The molecule has 0 saturated carbocycles. The number of phenolic OH excluding ortho intramolecular Hbond substituents is 1. The molecule has 0 aliphatic heterocycles. The summed E-state index contributed by atoms with van der Waals surface area (Å²) >= 11 is 0. The monoisotopic (exact) mass is 198 g/mol. The number of ether oxygens (including phenoxy) is 1. The van der Waals surface area contributed by atoms with E-state index in [9.17, 15) is 15.0 Å². The molecule has 5 nitrogen and oxygen atoms in total. The smallest absolute Gasteiger partial charge is 0.337 e. The first-order chi connectivity index (χ1) is 6.60. The lowest BCUT2D eigenvalue weighted by atomic mass is 10.1. The molecular formula is C9H10O5. The molecule has 0 heterocycles. The molecule has 1 aromatic carbocycles. The van der Waals surface area contributed by atoms with Crippen molar-refractivity contribution < 1.29 is 24.9 Å². The number of esters is 1. The maximum absolute atomic E-state index is 11.0. The Morgan fingerprint density at radius 3 is 2.57 bits per heavy atom. The van der Waals surface area contributed by atoms with Crippen LogP contribution in [0.1, 0.15) is 15.9 Å². The van der Waals surface area contributed by atoms with Gasteiger partial charge in [-0.15, -0.1) is 0 Å². The third-order valence-corrected chi connectivity index (χ3v) is 1.76. The van der Waals surface area contributed by atoms with Crippen LogP contribution in [0.4, 0.5) is 0 Å². The normalized spacial score (nSPS) is 9.86. The molecule has 5 heteroatoms. The molecule has 0 saturated heterocycles. The van der Waals surface area contributed by atoms with Gasteiger partial charge in [0.1, 0.15) is 0 Å². The van der Waals surface area contributed by atoms with Crippen molar-refractivity contribution >= 4 is 5.97 Å². The molecule has 3 N–H and O–H groups in total. The fraction of sp³-hybridized carbons (Fsp3) is 0.222. The van der Waals surface area contributed by atoms with Crippen molar-refractivity contribution in [1.29, 1.82) is 0 Å². The van der Waals surface area contributed by atoms with Crippen molar-refractivity contribution in [2.45, 2.75) is 6.61 Å². The SMILES string of the molecule is COC(=O)c1cc(O)c(O)c(CO)c1. The van der Waals surface area contributed by atoms with E-state index in [-0.39, 0.29) is 11.1 Å². The highest BCUT2D eigenvalue weighted by Gasteiger charge is 2.13. The van der Waals surface area contributed by atoms with Crippen LogP contribution in [-0.4, -0.2) is 28.4 Å². The number of carbonyl (C=O) groups is 1. The van der Waals surface area contributed by atoms with E-state index in [1.54, 1.807) is 0 Å². The van der Waals surface area contributed by atoms with Gasteiger partial charge >= 0.3 is 5.97 Å². The van der Waals surface area contributed by atoms with E-state index in [0.717, 1.165) is 6.07 Å². The number of benzene rings is 1. The molecular weight excluding hydrogens is 188 g/mol. The van der Waals surface area contributed by atoms with Gasteiger partial charge in [-0.1, -0.05) is 0 Å². The Morgan fingerprint density at radius 2 is 2.07 bits per heavy atom. The van der Waals surface area contributed by atoms with Crippen molar-refractivity contribution in [3.8, 4) is 11.5 Å². The minimum Gasteiger partial charge on any atom is -0.504 e. The highest BCUT2D eigenvalue weighted by molar-refractivity contribution is 5.90. The van der Waals surface area contributed by atoms with Gasteiger partial charge in [-0.2, -0.15) is 0 Å². The molecule has 0 aliphatic rings. The number of carbonyl (C=O) groups excluding carboxylic acids is 1. The van der Waals surface area contributed by atoms with E-state index in [2.05, 4.69) is 4.74 Å². The van der Waals surface area contributed by atoms with Crippen LogP contribution in [0.25, 0.3) is 0 Å². The minimum atomic E-state index is -0.644. The average Bonchev–Trinajstić information content (AvgIpc) is 2.20. The topological polar surface area (TPSA) is 87.0 Å². The van der Waals surface area contributed by atoms with Crippen LogP contribution in [0, 0.1) is 0 Å². The highest BCUT2D eigenvalue weighted by Crippen LogP contribution is 2.30. The van der Waals surface area contributed by atoms with E-state index in [4.69, 9.17) is 5.11 Å². The number of aliphatic hydroxyl groups is 1. The second kappa shape index (κ2) is 3.97. The van der Waals surface area contributed by atoms with Crippen LogP contribution >= 0.6 is 0 Å². The van der Waals surface area contributed by atoms with E-state index in [1.165, 1.54) is 13.2 Å². The standard InChI is InChI=1S/C9H10O5/c1-14-9(13)5-2-6(4-10)8(12)7(11)3-5/h2-3,10-12H,4H2,1H3. The van der Waals surface area contributed by atoms with Gasteiger partial charge in [-0.3, -0.25) is 0 Å². The predicted molar refractivity (Wildman–Crippen MR) is 47.0 cm³/mol. The molecule has 1 rings (SSSR count). The van der Waals surface area contributed by atoms with Crippen LogP contribution in [0.5, 0.6) is 11.5 Å². The summed E-state index contributed by atoms with van der Waals surface area (Å²) in [4.78, 5) is 11.0. The fourth-order valence-corrected chi connectivity index (χ4v) is 1.03. The maximum atomic E-state index is 11.0. The Morgan fingerprint density at radius 1 is 1.43 bits per heavy atom. The number of aromatic hydroxyl groups is 2. The van der Waals surface area contributed by atoms with Crippen molar-refractivity contribution in [1.82, 2.24) is 0 Å². The second-order valence-electron chi connectivity index (χ2n) is 2.65. The number of rotatable bonds is 2. The summed E-state index contributed by atoms with van der Waals surface area (Å²) in [5, 5.41) is 27.2. The molecule has 0 radical (unpaired) electrons. The van der Waals surface area contributed by atoms with Crippen LogP contribution in [0.3, 0.4) is 0 Å². The first-order valence-corrected chi connectivity index (χ1v) is 3.84. The average molecular weight is 198 g/mol. The Labute approximate surface area is 80.2 Å². The molecule has 0 aliphatic carbocycles. The minimum absolute atomic E-state index is 0.0744. The molecule has 0 fully saturated rings. The Balaban J connectivity index is 3.22. The van der Waals surface area contributed by atoms with E-state index < -0.39 is 24.1 Å². The predicted octanol–water partition coefficient (Wildman–Crippen LogP) is 0.377. The van der Waals surface area contributed by atoms with Gasteiger partial charge in [0, 0.05) is 5.56 Å². The molecule has 76 valence electrons. The summed E-state index contributed by atoms with van der Waals surface area (Å²) in [6, 6.07) is 2.32. The van der Waals surface area contributed by atoms with Gasteiger partial charge in [0.05, 0.1) is 19.3 Å². The van der Waals surface area contributed by atoms with Crippen LogP contribution < -0.4 is 0 Å². The van der Waals surface area contributed by atoms with Crippen LogP contribution in [0.15, 0.2) is 12.1 Å². The van der Waals surface area contributed by atoms with Crippen molar-refractivity contribution in [3.63, 3.8) is 0 Å².